The summed E-state index contributed by atoms with van der Waals surface area (Å²) in [5.74, 6) is 1.61. The Morgan fingerprint density at radius 3 is 2.85 bits per heavy atom. The number of nitrogens with one attached hydrogen (secondary N) is 1. The number of hydrogen-bond donors (Lipinski definition) is 1. The van der Waals surface area contributed by atoms with Gasteiger partial charge in [-0.1, -0.05) is 12.1 Å². The Balaban J connectivity index is 1.99. The molecule has 0 saturated carbocycles. The molecule has 2 atom stereocenters. The number of rotatable bonds is 6. The second kappa shape index (κ2) is 7.10. The SMILES string of the molecule is CC(CS(C)=O)NCc1nnc(-c2ccccc2Br)o1. The van der Waals surface area contributed by atoms with E-state index in [2.05, 4.69) is 31.4 Å². The summed E-state index contributed by atoms with van der Waals surface area (Å²) in [7, 11) is -0.816. The fraction of sp³-hybridized carbons (Fsp3) is 0.385. The maximum Gasteiger partial charge on any atom is 0.248 e. The van der Waals surface area contributed by atoms with Gasteiger partial charge in [0.1, 0.15) is 0 Å². The average molecular weight is 358 g/mol. The summed E-state index contributed by atoms with van der Waals surface area (Å²) in [6.45, 7) is 2.45. The van der Waals surface area contributed by atoms with Crippen molar-refractivity contribution in [1.82, 2.24) is 15.5 Å². The Bertz CT molecular complexity index is 603. The van der Waals surface area contributed by atoms with E-state index in [0.717, 1.165) is 10.0 Å². The van der Waals surface area contributed by atoms with E-state index in [1.54, 1.807) is 6.26 Å². The van der Waals surface area contributed by atoms with Gasteiger partial charge in [0.2, 0.25) is 11.8 Å². The number of hydrogen-bond acceptors (Lipinski definition) is 5. The van der Waals surface area contributed by atoms with Crippen LogP contribution in [0.4, 0.5) is 0 Å². The van der Waals surface area contributed by atoms with Crippen molar-refractivity contribution in [3.05, 3.63) is 34.6 Å². The van der Waals surface area contributed by atoms with E-state index >= 15 is 0 Å². The lowest BCUT2D eigenvalue weighted by Gasteiger charge is -2.09. The quantitative estimate of drug-likeness (QED) is 0.859. The summed E-state index contributed by atoms with van der Waals surface area (Å²) in [5, 5.41) is 11.3. The molecule has 20 heavy (non-hydrogen) atoms. The van der Waals surface area contributed by atoms with E-state index < -0.39 is 10.8 Å². The molecule has 0 radical (unpaired) electrons. The fourth-order valence-electron chi connectivity index (χ4n) is 1.74. The maximum atomic E-state index is 11.1. The van der Waals surface area contributed by atoms with Gasteiger partial charge in [0.15, 0.2) is 0 Å². The molecular formula is C13H16BrN3O2S. The molecule has 0 aliphatic carbocycles. The molecule has 0 fully saturated rings. The minimum absolute atomic E-state index is 0.139. The Labute approximate surface area is 128 Å². The van der Waals surface area contributed by atoms with Crippen molar-refractivity contribution in [3.8, 4) is 11.5 Å². The van der Waals surface area contributed by atoms with Crippen LogP contribution in [0, 0.1) is 0 Å². The van der Waals surface area contributed by atoms with Gasteiger partial charge in [0.25, 0.3) is 0 Å². The molecule has 108 valence electrons. The minimum Gasteiger partial charge on any atom is -0.419 e. The zero-order chi connectivity index (χ0) is 14.5. The van der Waals surface area contributed by atoms with E-state index in [9.17, 15) is 4.21 Å². The average Bonchev–Trinajstić information content (AvgIpc) is 2.85. The number of benzene rings is 1. The van der Waals surface area contributed by atoms with Crippen LogP contribution in [-0.2, 0) is 17.3 Å². The maximum absolute atomic E-state index is 11.1. The van der Waals surface area contributed by atoms with E-state index in [0.29, 0.717) is 24.1 Å². The van der Waals surface area contributed by atoms with Crippen LogP contribution in [0.3, 0.4) is 0 Å². The number of aromatic nitrogens is 2. The standard InChI is InChI=1S/C13H16BrN3O2S/c1-9(8-20(2)18)15-7-12-16-17-13(19-12)10-5-3-4-6-11(10)14/h3-6,9,15H,7-8H2,1-2H3. The molecule has 7 heteroatoms. The van der Waals surface area contributed by atoms with Crippen LogP contribution in [-0.4, -0.2) is 32.5 Å². The molecule has 2 rings (SSSR count). The first-order valence-corrected chi connectivity index (χ1v) is 8.69. The van der Waals surface area contributed by atoms with Gasteiger partial charge in [-0.3, -0.25) is 4.21 Å². The molecule has 1 aromatic carbocycles. The molecule has 2 aromatic rings. The Hall–Kier alpha value is -1.05. The van der Waals surface area contributed by atoms with Crippen molar-refractivity contribution >= 4 is 26.7 Å². The van der Waals surface area contributed by atoms with Gasteiger partial charge in [0, 0.05) is 33.3 Å². The molecule has 5 nitrogen and oxygen atoms in total. The van der Waals surface area contributed by atoms with Crippen molar-refractivity contribution in [3.63, 3.8) is 0 Å². The highest BCUT2D eigenvalue weighted by molar-refractivity contribution is 9.10. The summed E-state index contributed by atoms with van der Waals surface area (Å²) in [6.07, 6.45) is 1.69. The highest BCUT2D eigenvalue weighted by atomic mass is 79.9. The first-order valence-electron chi connectivity index (χ1n) is 6.17. The van der Waals surface area contributed by atoms with Crippen molar-refractivity contribution in [2.75, 3.05) is 12.0 Å². The van der Waals surface area contributed by atoms with Gasteiger partial charge in [-0.25, -0.2) is 0 Å². The van der Waals surface area contributed by atoms with Gasteiger partial charge >= 0.3 is 0 Å². The lowest BCUT2D eigenvalue weighted by Crippen LogP contribution is -2.30. The van der Waals surface area contributed by atoms with Crippen LogP contribution in [0.1, 0.15) is 12.8 Å². The van der Waals surface area contributed by atoms with Crippen LogP contribution in [0.15, 0.2) is 33.2 Å². The highest BCUT2D eigenvalue weighted by Crippen LogP contribution is 2.26. The molecule has 0 aliphatic heterocycles. The Morgan fingerprint density at radius 2 is 2.15 bits per heavy atom. The molecule has 0 aliphatic rings. The summed E-state index contributed by atoms with van der Waals surface area (Å²) in [5.41, 5.74) is 0.869. The normalized spacial score (nSPS) is 14.2. The van der Waals surface area contributed by atoms with Gasteiger partial charge in [-0.05, 0) is 35.0 Å². The monoisotopic (exact) mass is 357 g/mol. The first kappa shape index (κ1) is 15.3. The molecule has 1 aromatic heterocycles. The van der Waals surface area contributed by atoms with Crippen molar-refractivity contribution in [2.45, 2.75) is 19.5 Å². The molecule has 1 N–H and O–H groups in total. The summed E-state index contributed by atoms with van der Waals surface area (Å²) in [6, 6.07) is 7.83. The molecule has 2 unspecified atom stereocenters. The van der Waals surface area contributed by atoms with Gasteiger partial charge in [-0.2, -0.15) is 0 Å². The molecule has 1 heterocycles. The van der Waals surface area contributed by atoms with Crippen molar-refractivity contribution in [1.29, 1.82) is 0 Å². The summed E-state index contributed by atoms with van der Waals surface area (Å²) >= 11 is 3.45. The smallest absolute Gasteiger partial charge is 0.248 e. The third-order valence-electron chi connectivity index (χ3n) is 2.66. The van der Waals surface area contributed by atoms with Crippen LogP contribution in [0.25, 0.3) is 11.5 Å². The van der Waals surface area contributed by atoms with Crippen LogP contribution in [0.2, 0.25) is 0 Å². The van der Waals surface area contributed by atoms with Crippen LogP contribution >= 0.6 is 15.9 Å². The zero-order valence-corrected chi connectivity index (χ0v) is 13.7. The third-order valence-corrected chi connectivity index (χ3v) is 4.32. The van der Waals surface area contributed by atoms with Crippen molar-refractivity contribution in [2.24, 2.45) is 0 Å². The molecule has 0 amide bonds. The molecule has 0 saturated heterocycles. The fourth-order valence-corrected chi connectivity index (χ4v) is 3.02. The second-order valence-corrected chi connectivity index (χ2v) is 6.84. The Kier molecular flexibility index (Phi) is 5.45. The van der Waals surface area contributed by atoms with Gasteiger partial charge < -0.3 is 9.73 Å². The highest BCUT2D eigenvalue weighted by Gasteiger charge is 2.12. The topological polar surface area (TPSA) is 68.0 Å². The minimum atomic E-state index is -0.816. The summed E-state index contributed by atoms with van der Waals surface area (Å²) < 4.78 is 17.6. The number of nitrogens with zero attached hydrogens (tertiary/aromatic N) is 2. The van der Waals surface area contributed by atoms with E-state index in [1.807, 2.05) is 31.2 Å². The summed E-state index contributed by atoms with van der Waals surface area (Å²) in [4.78, 5) is 0. The second-order valence-electron chi connectivity index (χ2n) is 4.50. The Morgan fingerprint density at radius 1 is 1.40 bits per heavy atom. The van der Waals surface area contributed by atoms with Crippen LogP contribution in [0.5, 0.6) is 0 Å². The van der Waals surface area contributed by atoms with Crippen molar-refractivity contribution < 1.29 is 8.63 Å². The van der Waals surface area contributed by atoms with E-state index in [1.165, 1.54) is 0 Å². The lowest BCUT2D eigenvalue weighted by atomic mass is 10.2. The lowest BCUT2D eigenvalue weighted by molar-refractivity contribution is 0.459. The van der Waals surface area contributed by atoms with E-state index in [4.69, 9.17) is 4.42 Å². The van der Waals surface area contributed by atoms with Crippen LogP contribution < -0.4 is 5.32 Å². The third kappa shape index (κ3) is 4.22. The zero-order valence-electron chi connectivity index (χ0n) is 11.3. The first-order chi connectivity index (χ1) is 9.56. The predicted octanol–water partition coefficient (Wildman–Crippen LogP) is 2.36. The molecule has 0 bridgehead atoms. The van der Waals surface area contributed by atoms with Gasteiger partial charge in [0.05, 0.1) is 12.1 Å². The molecule has 0 spiro atoms. The number of halogens is 1. The predicted molar refractivity (Wildman–Crippen MR) is 82.7 cm³/mol. The molecular weight excluding hydrogens is 342 g/mol. The largest absolute Gasteiger partial charge is 0.419 e. The van der Waals surface area contributed by atoms with Gasteiger partial charge in [-0.15, -0.1) is 10.2 Å². The van der Waals surface area contributed by atoms with E-state index in [-0.39, 0.29) is 6.04 Å².